The third-order valence-electron chi connectivity index (χ3n) is 21.1. The first-order valence-corrected chi connectivity index (χ1v) is 38.2. The van der Waals surface area contributed by atoms with E-state index in [0.29, 0.717) is 57.8 Å². The summed E-state index contributed by atoms with van der Waals surface area (Å²) in [4.78, 5) is 84.1. The maximum Gasteiger partial charge on any atom is 0.320 e. The molecule has 4 bridgehead atoms. The van der Waals surface area contributed by atoms with Crippen LogP contribution in [0.25, 0.3) is 0 Å². The number of hydrogen-bond acceptors (Lipinski definition) is 16. The van der Waals surface area contributed by atoms with Crippen LogP contribution in [0.15, 0.2) is 72.8 Å². The lowest BCUT2D eigenvalue weighted by atomic mass is 9.76. The molecule has 0 amide bonds. The highest BCUT2D eigenvalue weighted by atomic mass is 19.1. The monoisotopic (exact) mass is 1370 g/mol. The standard InChI is InChI=1S/C80H122F2N2O14/c1-6-9-12-13-18-27-34-41-76(97-72(87)39-32-25-21-16-14-19-23-30-35-68(85)70(37-28-10-7-2)95-74(89)56-83-62-50-52-66(83)77(79(91)93-4)64(54-62)58-42-46-60(81)47-43-58)98-73(88)40-33-26-22-17-15-20-24-31-36-69(86)71(38-29-11-8-3)96-75(90)57-84-63-51-53-67(84)78(80(92)94-5)65(55-63)59-44-48-61(82)49-45-59/h23-24,30-31,42-49,62-71,76-78,85-86H,6-22,25-29,32-41,50-57H2,1-5H3/b30-23-,31-24-/t62-,63+,64-,65+,66?,67?,68?,69?,70?,71?,76?,77?,78?. The number of carbonyl (C=O) groups excluding carboxylic acids is 6. The summed E-state index contributed by atoms with van der Waals surface area (Å²) in [6.07, 6.45) is 35.2. The third-order valence-corrected chi connectivity index (χ3v) is 21.1. The van der Waals surface area contributed by atoms with E-state index in [9.17, 15) is 47.8 Å². The molecule has 4 heterocycles. The molecular formula is C80H122F2N2O14. The lowest BCUT2D eigenvalue weighted by Gasteiger charge is -2.43. The first kappa shape index (κ1) is 81.4. The number of aliphatic hydroxyl groups excluding tert-OH is 2. The first-order chi connectivity index (χ1) is 47.6. The third kappa shape index (κ3) is 27.8. The molecule has 9 unspecified atom stereocenters. The predicted octanol–water partition coefficient (Wildman–Crippen LogP) is 16.5. The summed E-state index contributed by atoms with van der Waals surface area (Å²) < 4.78 is 61.9. The van der Waals surface area contributed by atoms with Crippen molar-refractivity contribution in [3.63, 3.8) is 0 Å². The molecule has 0 radical (unpaired) electrons. The first-order valence-electron chi connectivity index (χ1n) is 38.2. The number of nitrogens with zero attached hydrogens (tertiary/aromatic N) is 2. The Morgan fingerprint density at radius 2 is 0.806 bits per heavy atom. The van der Waals surface area contributed by atoms with Crippen LogP contribution >= 0.6 is 0 Å². The zero-order valence-electron chi connectivity index (χ0n) is 60.2. The van der Waals surface area contributed by atoms with Gasteiger partial charge in [0, 0.05) is 55.3 Å². The smallest absolute Gasteiger partial charge is 0.320 e. The fourth-order valence-electron chi connectivity index (χ4n) is 15.7. The normalized spacial score (nSPS) is 22.3. The molecule has 4 saturated heterocycles. The summed E-state index contributed by atoms with van der Waals surface area (Å²) >= 11 is 0. The largest absolute Gasteiger partial charge is 0.469 e. The SMILES string of the molecule is CCCCCCCCCC(OC(=O)CCCCCCC/C=C\CC(O)C(CCCCC)OC(=O)CN1C2CC[C@@H]1C[C@H](c1ccc(F)cc1)C2C(=O)OC)OC(=O)CCCCCCC/C=C\CC(O)C(CCCCC)OC(=O)CN1C2CC[C@H]1C[C@@H](c1ccc(F)cc1)C2C(=O)OC. The fraction of sp³-hybridized carbons (Fsp3) is 0.725. The average Bonchev–Trinajstić information content (AvgIpc) is 1.58. The van der Waals surface area contributed by atoms with Gasteiger partial charge in [-0.15, -0.1) is 0 Å². The Labute approximate surface area is 585 Å². The van der Waals surface area contributed by atoms with Gasteiger partial charge in [0.25, 0.3) is 0 Å². The Morgan fingerprint density at radius 1 is 0.449 bits per heavy atom. The number of aliphatic hydroxyl groups is 2. The van der Waals surface area contributed by atoms with E-state index in [1.165, 1.54) is 57.7 Å². The number of ether oxygens (including phenoxy) is 6. The van der Waals surface area contributed by atoms with E-state index in [-0.39, 0.29) is 97.4 Å². The predicted molar refractivity (Wildman–Crippen MR) is 376 cm³/mol. The van der Waals surface area contributed by atoms with E-state index in [1.54, 1.807) is 24.3 Å². The van der Waals surface area contributed by atoms with E-state index in [4.69, 9.17) is 28.4 Å². The minimum absolute atomic E-state index is 0.0220. The second-order valence-corrected chi connectivity index (χ2v) is 28.4. The van der Waals surface area contributed by atoms with Gasteiger partial charge in [0.2, 0.25) is 6.29 Å². The van der Waals surface area contributed by atoms with Crippen LogP contribution < -0.4 is 0 Å². The molecule has 4 aliphatic heterocycles. The molecule has 2 aromatic rings. The lowest BCUT2D eigenvalue weighted by molar-refractivity contribution is -0.189. The van der Waals surface area contributed by atoms with Gasteiger partial charge in [0.15, 0.2) is 0 Å². The average molecular weight is 1370 g/mol. The molecule has 0 spiro atoms. The van der Waals surface area contributed by atoms with Crippen molar-refractivity contribution in [3.8, 4) is 0 Å². The van der Waals surface area contributed by atoms with E-state index in [2.05, 4.69) is 42.7 Å². The summed E-state index contributed by atoms with van der Waals surface area (Å²) in [6.45, 7) is 6.46. The van der Waals surface area contributed by atoms with Crippen LogP contribution in [0.1, 0.15) is 288 Å². The zero-order chi connectivity index (χ0) is 70.4. The Balaban J connectivity index is 0.834. The number of fused-ring (bicyclic) bond motifs is 4. The molecule has 6 rings (SSSR count). The Morgan fingerprint density at radius 3 is 1.20 bits per heavy atom. The summed E-state index contributed by atoms with van der Waals surface area (Å²) in [5, 5.41) is 22.6. The van der Waals surface area contributed by atoms with Crippen molar-refractivity contribution in [2.75, 3.05) is 27.3 Å². The van der Waals surface area contributed by atoms with E-state index in [1.807, 2.05) is 12.2 Å². The second-order valence-electron chi connectivity index (χ2n) is 28.4. The summed E-state index contributed by atoms with van der Waals surface area (Å²) in [5.74, 6) is -4.14. The van der Waals surface area contributed by atoms with Crippen molar-refractivity contribution < 1.29 is 76.2 Å². The minimum atomic E-state index is -0.887. The van der Waals surface area contributed by atoms with Gasteiger partial charge >= 0.3 is 35.8 Å². The molecule has 0 saturated carbocycles. The number of benzene rings is 2. The van der Waals surface area contributed by atoms with Gasteiger partial charge in [0.05, 0.1) is 51.4 Å². The van der Waals surface area contributed by atoms with Gasteiger partial charge < -0.3 is 38.6 Å². The second kappa shape index (κ2) is 46.1. The highest BCUT2D eigenvalue weighted by molar-refractivity contribution is 5.77. The zero-order valence-corrected chi connectivity index (χ0v) is 60.2. The molecule has 2 N–H and O–H groups in total. The number of carbonyl (C=O) groups is 6. The van der Waals surface area contributed by atoms with Gasteiger partial charge in [0.1, 0.15) is 23.8 Å². The van der Waals surface area contributed by atoms with Crippen molar-refractivity contribution in [1.29, 1.82) is 0 Å². The van der Waals surface area contributed by atoms with Crippen molar-refractivity contribution in [1.82, 2.24) is 9.80 Å². The van der Waals surface area contributed by atoms with E-state index in [0.717, 1.165) is 165 Å². The lowest BCUT2D eigenvalue weighted by Crippen LogP contribution is -2.53. The quantitative estimate of drug-likeness (QED) is 0.0208. The van der Waals surface area contributed by atoms with E-state index >= 15 is 0 Å². The summed E-state index contributed by atoms with van der Waals surface area (Å²) in [7, 11) is 2.76. The Hall–Kier alpha value is -5.56. The van der Waals surface area contributed by atoms with Crippen molar-refractivity contribution in [3.05, 3.63) is 95.6 Å². The highest BCUT2D eigenvalue weighted by Gasteiger charge is 2.53. The Bertz CT molecular complexity index is 2520. The molecule has 0 aliphatic carbocycles. The van der Waals surface area contributed by atoms with Gasteiger partial charge in [-0.05, 0) is 157 Å². The van der Waals surface area contributed by atoms with Gasteiger partial charge in [-0.25, -0.2) is 8.78 Å². The minimum Gasteiger partial charge on any atom is -0.469 e. The number of piperidine rings is 2. The molecule has 4 fully saturated rings. The molecule has 16 nitrogen and oxygen atoms in total. The van der Waals surface area contributed by atoms with Crippen molar-refractivity contribution in [2.45, 2.75) is 331 Å². The maximum absolute atomic E-state index is 13.8. The topological polar surface area (TPSA) is 205 Å². The molecule has 550 valence electrons. The molecule has 2 aromatic carbocycles. The number of esters is 6. The number of hydrogen-bond donors (Lipinski definition) is 2. The summed E-state index contributed by atoms with van der Waals surface area (Å²) in [6, 6.07) is 12.3. The molecule has 98 heavy (non-hydrogen) atoms. The van der Waals surface area contributed by atoms with Crippen molar-refractivity contribution in [2.24, 2.45) is 11.8 Å². The molecular weight excluding hydrogens is 1250 g/mol. The highest BCUT2D eigenvalue weighted by Crippen LogP contribution is 2.49. The van der Waals surface area contributed by atoms with Crippen molar-refractivity contribution >= 4 is 35.8 Å². The Kier molecular flexibility index (Phi) is 38.3. The molecule has 4 aliphatic rings. The van der Waals surface area contributed by atoms with Gasteiger partial charge in [-0.1, -0.05) is 172 Å². The number of methoxy groups -OCH3 is 2. The van der Waals surface area contributed by atoms with Crippen LogP contribution in [0.5, 0.6) is 0 Å². The molecule has 18 heteroatoms. The molecule has 0 aromatic heterocycles. The maximum atomic E-state index is 13.8. The number of allylic oxidation sites excluding steroid dienone is 2. The molecule has 13 atom stereocenters. The number of unbranched alkanes of at least 4 members (excludes halogenated alkanes) is 20. The van der Waals surface area contributed by atoms with Crippen LogP contribution in [0.2, 0.25) is 0 Å². The van der Waals surface area contributed by atoms with Crippen LogP contribution in [0.4, 0.5) is 8.78 Å². The van der Waals surface area contributed by atoms with Crippen LogP contribution in [-0.4, -0.2) is 138 Å². The van der Waals surface area contributed by atoms with Crippen LogP contribution in [-0.2, 0) is 57.2 Å². The summed E-state index contributed by atoms with van der Waals surface area (Å²) in [5.41, 5.74) is 1.78. The van der Waals surface area contributed by atoms with E-state index < -0.39 is 54.5 Å². The fourth-order valence-corrected chi connectivity index (χ4v) is 15.7. The van der Waals surface area contributed by atoms with Crippen LogP contribution in [0, 0.1) is 23.5 Å². The van der Waals surface area contributed by atoms with Gasteiger partial charge in [-0.3, -0.25) is 38.6 Å². The number of rotatable bonds is 50. The van der Waals surface area contributed by atoms with Gasteiger partial charge in [-0.2, -0.15) is 0 Å². The van der Waals surface area contributed by atoms with Crippen LogP contribution in [0.3, 0.4) is 0 Å². The number of halogens is 2.